The van der Waals surface area contributed by atoms with Crippen LogP contribution in [0.5, 0.6) is 17.2 Å². The van der Waals surface area contributed by atoms with Crippen LogP contribution in [0.4, 0.5) is 0 Å². The fourth-order valence-corrected chi connectivity index (χ4v) is 4.13. The summed E-state index contributed by atoms with van der Waals surface area (Å²) in [6.45, 7) is 1.99. The maximum atomic E-state index is 6.19. The molecule has 1 aliphatic heterocycles. The molecule has 1 N–H and O–H groups in total. The first-order chi connectivity index (χ1) is 16.1. The lowest BCUT2D eigenvalue weighted by Crippen LogP contribution is -2.20. The van der Waals surface area contributed by atoms with Crippen LogP contribution in [0.15, 0.2) is 54.9 Å². The molecule has 2 aromatic heterocycles. The minimum Gasteiger partial charge on any atom is -0.497 e. The third kappa shape index (κ3) is 4.50. The molecule has 0 radical (unpaired) electrons. The monoisotopic (exact) mass is 444 g/mol. The highest BCUT2D eigenvalue weighted by Gasteiger charge is 2.25. The Morgan fingerprint density at radius 1 is 1.09 bits per heavy atom. The van der Waals surface area contributed by atoms with Gasteiger partial charge < -0.3 is 24.1 Å². The normalized spacial score (nSPS) is 15.3. The molecule has 3 heterocycles. The first-order valence-electron chi connectivity index (χ1n) is 11.1. The van der Waals surface area contributed by atoms with E-state index in [-0.39, 0.29) is 5.92 Å². The summed E-state index contributed by atoms with van der Waals surface area (Å²) in [5.41, 5.74) is 5.08. The number of rotatable bonds is 7. The number of likely N-dealkylation sites (N-methyl/N-ethyl adjacent to an activating group) is 1. The number of methoxy groups -OCH3 is 1. The van der Waals surface area contributed by atoms with Crippen LogP contribution in [0, 0.1) is 0 Å². The molecule has 170 valence electrons. The largest absolute Gasteiger partial charge is 0.497 e. The van der Waals surface area contributed by atoms with Crippen molar-refractivity contribution in [3.8, 4) is 28.4 Å². The van der Waals surface area contributed by atoms with Gasteiger partial charge in [0.25, 0.3) is 0 Å². The molecule has 0 bridgehead atoms. The number of aromatic nitrogens is 3. The average molecular weight is 445 g/mol. The van der Waals surface area contributed by atoms with Gasteiger partial charge in [-0.05, 0) is 79.7 Å². The molecule has 4 aromatic rings. The number of imidazole rings is 1. The quantitative estimate of drug-likeness (QED) is 0.458. The number of fused-ring (bicyclic) bond motifs is 2. The molecule has 0 amide bonds. The van der Waals surface area contributed by atoms with Gasteiger partial charge in [0, 0.05) is 18.9 Å². The summed E-state index contributed by atoms with van der Waals surface area (Å²) in [7, 11) is 5.75. The number of hydrogen-bond acceptors (Lipinski definition) is 6. The zero-order chi connectivity index (χ0) is 22.8. The van der Waals surface area contributed by atoms with E-state index in [0.29, 0.717) is 13.2 Å². The molecule has 0 aliphatic carbocycles. The number of pyridine rings is 1. The number of H-pyrrole nitrogens is 1. The minimum absolute atomic E-state index is 0.121. The number of benzene rings is 2. The second-order valence-corrected chi connectivity index (χ2v) is 8.57. The molecule has 0 spiro atoms. The van der Waals surface area contributed by atoms with Gasteiger partial charge in [-0.25, -0.2) is 4.98 Å². The van der Waals surface area contributed by atoms with Crippen molar-refractivity contribution >= 4 is 11.0 Å². The van der Waals surface area contributed by atoms with Crippen molar-refractivity contribution in [1.82, 2.24) is 19.9 Å². The van der Waals surface area contributed by atoms with Crippen LogP contribution in [-0.4, -0.2) is 60.8 Å². The van der Waals surface area contributed by atoms with E-state index in [0.717, 1.165) is 63.8 Å². The van der Waals surface area contributed by atoms with E-state index in [4.69, 9.17) is 19.2 Å². The van der Waals surface area contributed by atoms with Crippen molar-refractivity contribution in [1.29, 1.82) is 0 Å². The van der Waals surface area contributed by atoms with E-state index in [1.54, 1.807) is 19.5 Å². The third-order valence-corrected chi connectivity index (χ3v) is 5.94. The summed E-state index contributed by atoms with van der Waals surface area (Å²) in [5, 5.41) is 0. The van der Waals surface area contributed by atoms with Crippen molar-refractivity contribution in [2.45, 2.75) is 12.3 Å². The van der Waals surface area contributed by atoms with E-state index in [1.165, 1.54) is 0 Å². The second kappa shape index (κ2) is 9.11. The summed E-state index contributed by atoms with van der Waals surface area (Å²) >= 11 is 0. The van der Waals surface area contributed by atoms with Crippen LogP contribution in [0.3, 0.4) is 0 Å². The molecule has 33 heavy (non-hydrogen) atoms. The summed E-state index contributed by atoms with van der Waals surface area (Å²) < 4.78 is 17.6. The molecule has 0 saturated heterocycles. The molecular weight excluding hydrogens is 416 g/mol. The lowest BCUT2D eigenvalue weighted by molar-refractivity contribution is 0.257. The first-order valence-corrected chi connectivity index (χ1v) is 11.1. The van der Waals surface area contributed by atoms with Crippen molar-refractivity contribution in [2.24, 2.45) is 0 Å². The van der Waals surface area contributed by atoms with Gasteiger partial charge in [-0.15, -0.1) is 0 Å². The molecule has 7 heteroatoms. The lowest BCUT2D eigenvalue weighted by atomic mass is 9.96. The number of hydrogen-bond donors (Lipinski definition) is 1. The average Bonchev–Trinajstić information content (AvgIpc) is 3.28. The summed E-state index contributed by atoms with van der Waals surface area (Å²) in [5.74, 6) is 3.55. The van der Waals surface area contributed by atoms with Crippen molar-refractivity contribution in [3.05, 3.63) is 66.2 Å². The van der Waals surface area contributed by atoms with Crippen LogP contribution in [-0.2, 0) is 6.42 Å². The van der Waals surface area contributed by atoms with Crippen molar-refractivity contribution < 1.29 is 14.2 Å². The van der Waals surface area contributed by atoms with Gasteiger partial charge in [-0.2, -0.15) is 0 Å². The van der Waals surface area contributed by atoms with E-state index in [2.05, 4.69) is 27.0 Å². The Hall–Kier alpha value is -3.58. The lowest BCUT2D eigenvalue weighted by Gasteiger charge is -2.24. The Balaban J connectivity index is 1.50. The van der Waals surface area contributed by atoms with Gasteiger partial charge in [0.1, 0.15) is 35.2 Å². The summed E-state index contributed by atoms with van der Waals surface area (Å²) in [4.78, 5) is 14.8. The van der Waals surface area contributed by atoms with E-state index in [9.17, 15) is 0 Å². The molecule has 7 nitrogen and oxygen atoms in total. The Kier molecular flexibility index (Phi) is 5.88. The van der Waals surface area contributed by atoms with Crippen LogP contribution in [0.25, 0.3) is 22.2 Å². The van der Waals surface area contributed by atoms with E-state index >= 15 is 0 Å². The molecule has 1 aliphatic rings. The number of ether oxygens (including phenoxy) is 3. The van der Waals surface area contributed by atoms with Crippen molar-refractivity contribution in [3.63, 3.8) is 0 Å². The fraction of sp³-hybridized carbons (Fsp3) is 0.308. The maximum absolute atomic E-state index is 6.19. The second-order valence-electron chi connectivity index (χ2n) is 8.57. The van der Waals surface area contributed by atoms with Gasteiger partial charge in [0.15, 0.2) is 0 Å². The van der Waals surface area contributed by atoms with Crippen LogP contribution >= 0.6 is 0 Å². The molecular formula is C26H28N4O3. The van der Waals surface area contributed by atoms with Gasteiger partial charge in [0.2, 0.25) is 0 Å². The Bertz CT molecular complexity index is 1250. The zero-order valence-electron chi connectivity index (χ0n) is 19.2. The predicted octanol–water partition coefficient (Wildman–Crippen LogP) is 4.29. The smallest absolute Gasteiger partial charge is 0.147 e. The van der Waals surface area contributed by atoms with E-state index in [1.807, 2.05) is 44.4 Å². The molecule has 0 fully saturated rings. The topological polar surface area (TPSA) is 72.5 Å². The van der Waals surface area contributed by atoms with Crippen LogP contribution < -0.4 is 14.2 Å². The minimum atomic E-state index is 0.121. The maximum Gasteiger partial charge on any atom is 0.147 e. The predicted molar refractivity (Wildman–Crippen MR) is 128 cm³/mol. The summed E-state index contributed by atoms with van der Waals surface area (Å²) in [6, 6.07) is 14.1. The highest BCUT2D eigenvalue weighted by molar-refractivity contribution is 5.87. The van der Waals surface area contributed by atoms with Gasteiger partial charge in [-0.3, -0.25) is 4.98 Å². The molecule has 0 saturated carbocycles. The molecule has 2 aromatic carbocycles. The molecule has 5 rings (SSSR count). The number of aromatic amines is 1. The van der Waals surface area contributed by atoms with Crippen molar-refractivity contribution in [2.75, 3.05) is 41.0 Å². The van der Waals surface area contributed by atoms with E-state index < -0.39 is 0 Å². The van der Waals surface area contributed by atoms with Gasteiger partial charge in [0.05, 0.1) is 25.2 Å². The Morgan fingerprint density at radius 3 is 2.73 bits per heavy atom. The fourth-order valence-electron chi connectivity index (χ4n) is 4.13. The van der Waals surface area contributed by atoms with Gasteiger partial charge in [-0.1, -0.05) is 0 Å². The first kappa shape index (κ1) is 21.3. The Labute approximate surface area is 193 Å². The number of nitrogens with one attached hydrogen (secondary N) is 1. The third-order valence-electron chi connectivity index (χ3n) is 5.94. The highest BCUT2D eigenvalue weighted by Crippen LogP contribution is 2.37. The zero-order valence-corrected chi connectivity index (χ0v) is 19.2. The number of nitrogens with zero attached hydrogens (tertiary/aromatic N) is 3. The van der Waals surface area contributed by atoms with Gasteiger partial charge >= 0.3 is 0 Å². The van der Waals surface area contributed by atoms with Crippen LogP contribution in [0.1, 0.15) is 17.3 Å². The highest BCUT2D eigenvalue weighted by atomic mass is 16.5. The molecule has 1 atom stereocenters. The Morgan fingerprint density at radius 2 is 1.94 bits per heavy atom. The standard InChI is InChI=1S/C26H28N4O3/c1-30(2)10-11-32-24-15-18(17-6-8-27-9-7-17)14-22-25(24)29-26(28-22)20-12-19-13-21(31-3)4-5-23(19)33-16-20/h4-9,13-15,20H,10-12,16H2,1-3H3,(H,28,29)/t20-/m1/s1. The summed E-state index contributed by atoms with van der Waals surface area (Å²) in [6.07, 6.45) is 4.44. The SMILES string of the molecule is COc1ccc2c(c1)C[C@@H](c1nc3c(OCCN(C)C)cc(-c4ccncc4)cc3[nH]1)CO2. The molecule has 0 unspecified atom stereocenters. The van der Waals surface area contributed by atoms with Crippen LogP contribution in [0.2, 0.25) is 0 Å².